The Labute approximate surface area is 102 Å². The molecular formula is C12H16ClN3. The van der Waals surface area contributed by atoms with E-state index < -0.39 is 0 Å². The van der Waals surface area contributed by atoms with Gasteiger partial charge in [-0.15, -0.1) is 0 Å². The van der Waals surface area contributed by atoms with Crippen LogP contribution in [0.15, 0.2) is 18.2 Å². The molecule has 0 aromatic heterocycles. The van der Waals surface area contributed by atoms with Gasteiger partial charge in [-0.3, -0.25) is 0 Å². The van der Waals surface area contributed by atoms with Crippen LogP contribution in [0.25, 0.3) is 0 Å². The Balaban J connectivity index is 2.52. The molecule has 0 aliphatic carbocycles. The molecule has 1 aromatic rings. The van der Waals surface area contributed by atoms with Gasteiger partial charge in [-0.2, -0.15) is 5.26 Å². The highest BCUT2D eigenvalue weighted by Gasteiger charge is 2.01. The van der Waals surface area contributed by atoms with E-state index in [1.54, 1.807) is 12.1 Å². The van der Waals surface area contributed by atoms with E-state index >= 15 is 0 Å². The number of nitrogens with one attached hydrogen (secondary N) is 1. The molecule has 1 rings (SSSR count). The molecule has 0 aliphatic heterocycles. The second kappa shape index (κ2) is 6.37. The Hall–Kier alpha value is -1.24. The summed E-state index contributed by atoms with van der Waals surface area (Å²) < 4.78 is 0. The summed E-state index contributed by atoms with van der Waals surface area (Å²) in [5, 5.41) is 12.5. The SMILES string of the molecule is CCN(C)CCNc1ccc(C#N)cc1Cl. The van der Waals surface area contributed by atoms with Gasteiger partial charge in [0.2, 0.25) is 0 Å². The first kappa shape index (κ1) is 12.8. The van der Waals surface area contributed by atoms with Crippen molar-refractivity contribution >= 4 is 17.3 Å². The van der Waals surface area contributed by atoms with E-state index in [0.29, 0.717) is 10.6 Å². The molecule has 1 N–H and O–H groups in total. The Morgan fingerprint density at radius 2 is 2.25 bits per heavy atom. The lowest BCUT2D eigenvalue weighted by atomic mass is 10.2. The Bertz CT molecular complexity index is 384. The second-order valence-corrected chi connectivity index (χ2v) is 4.04. The maximum atomic E-state index is 8.70. The number of nitriles is 1. The quantitative estimate of drug-likeness (QED) is 0.856. The summed E-state index contributed by atoms with van der Waals surface area (Å²) in [6, 6.07) is 7.33. The number of hydrogen-bond donors (Lipinski definition) is 1. The predicted molar refractivity (Wildman–Crippen MR) is 67.8 cm³/mol. The monoisotopic (exact) mass is 237 g/mol. The summed E-state index contributed by atoms with van der Waals surface area (Å²) in [7, 11) is 2.07. The average molecular weight is 238 g/mol. The number of hydrogen-bond acceptors (Lipinski definition) is 3. The van der Waals surface area contributed by atoms with Gasteiger partial charge in [-0.25, -0.2) is 0 Å². The van der Waals surface area contributed by atoms with Gasteiger partial charge >= 0.3 is 0 Å². The summed E-state index contributed by atoms with van der Waals surface area (Å²) in [5.74, 6) is 0. The van der Waals surface area contributed by atoms with Crippen molar-refractivity contribution in [2.45, 2.75) is 6.92 Å². The molecule has 86 valence electrons. The first-order valence-electron chi connectivity index (χ1n) is 5.29. The zero-order chi connectivity index (χ0) is 12.0. The lowest BCUT2D eigenvalue weighted by molar-refractivity contribution is 0.367. The largest absolute Gasteiger partial charge is 0.383 e. The molecule has 0 heterocycles. The first-order chi connectivity index (χ1) is 7.67. The van der Waals surface area contributed by atoms with Gasteiger partial charge in [-0.05, 0) is 31.8 Å². The van der Waals surface area contributed by atoms with Crippen LogP contribution in [0, 0.1) is 11.3 Å². The molecule has 3 nitrogen and oxygen atoms in total. The normalized spacial score (nSPS) is 10.2. The van der Waals surface area contributed by atoms with E-state index in [2.05, 4.69) is 30.3 Å². The fourth-order valence-corrected chi connectivity index (χ4v) is 1.51. The molecule has 0 bridgehead atoms. The molecule has 0 saturated heterocycles. The van der Waals surface area contributed by atoms with E-state index in [-0.39, 0.29) is 0 Å². The summed E-state index contributed by atoms with van der Waals surface area (Å²) in [6.07, 6.45) is 0. The van der Waals surface area contributed by atoms with Gasteiger partial charge < -0.3 is 10.2 Å². The van der Waals surface area contributed by atoms with Crippen LogP contribution in [0.4, 0.5) is 5.69 Å². The van der Waals surface area contributed by atoms with Crippen molar-refractivity contribution in [3.63, 3.8) is 0 Å². The number of nitrogens with zero attached hydrogens (tertiary/aromatic N) is 2. The fourth-order valence-electron chi connectivity index (χ4n) is 1.27. The van der Waals surface area contributed by atoms with Crippen LogP contribution < -0.4 is 5.32 Å². The number of rotatable bonds is 5. The Morgan fingerprint density at radius 1 is 1.50 bits per heavy atom. The van der Waals surface area contributed by atoms with Crippen LogP contribution in [0.1, 0.15) is 12.5 Å². The van der Waals surface area contributed by atoms with Gasteiger partial charge in [0.15, 0.2) is 0 Å². The van der Waals surface area contributed by atoms with Crippen molar-refractivity contribution in [3.8, 4) is 6.07 Å². The molecule has 0 atom stereocenters. The third-order valence-corrected chi connectivity index (χ3v) is 2.76. The van der Waals surface area contributed by atoms with Crippen molar-refractivity contribution in [2.75, 3.05) is 32.0 Å². The number of anilines is 1. The summed E-state index contributed by atoms with van der Waals surface area (Å²) in [6.45, 7) is 4.96. The minimum Gasteiger partial charge on any atom is -0.383 e. The lowest BCUT2D eigenvalue weighted by Crippen LogP contribution is -2.24. The lowest BCUT2D eigenvalue weighted by Gasteiger charge is -2.15. The second-order valence-electron chi connectivity index (χ2n) is 3.63. The highest BCUT2D eigenvalue weighted by atomic mass is 35.5. The molecule has 4 heteroatoms. The van der Waals surface area contributed by atoms with Crippen LogP contribution in [0.3, 0.4) is 0 Å². The standard InChI is InChI=1S/C12H16ClN3/c1-3-16(2)7-6-15-12-5-4-10(9-14)8-11(12)13/h4-5,8,15H,3,6-7H2,1-2H3. The third kappa shape index (κ3) is 3.73. The number of benzene rings is 1. The van der Waals surface area contributed by atoms with Crippen molar-refractivity contribution < 1.29 is 0 Å². The van der Waals surface area contributed by atoms with Gasteiger partial charge in [0.25, 0.3) is 0 Å². The molecule has 1 aromatic carbocycles. The van der Waals surface area contributed by atoms with Crippen molar-refractivity contribution in [2.24, 2.45) is 0 Å². The third-order valence-electron chi connectivity index (χ3n) is 2.45. The Morgan fingerprint density at radius 3 is 2.81 bits per heavy atom. The smallest absolute Gasteiger partial charge is 0.0992 e. The zero-order valence-electron chi connectivity index (χ0n) is 9.63. The minimum absolute atomic E-state index is 0.584. The van der Waals surface area contributed by atoms with Gasteiger partial charge in [-0.1, -0.05) is 18.5 Å². The van der Waals surface area contributed by atoms with Crippen LogP contribution in [-0.4, -0.2) is 31.6 Å². The molecule has 0 fully saturated rings. The number of halogens is 1. The van der Waals surface area contributed by atoms with E-state index in [9.17, 15) is 0 Å². The minimum atomic E-state index is 0.584. The van der Waals surface area contributed by atoms with E-state index in [0.717, 1.165) is 25.3 Å². The Kier molecular flexibility index (Phi) is 5.10. The molecule has 0 aliphatic rings. The van der Waals surface area contributed by atoms with Crippen molar-refractivity contribution in [1.29, 1.82) is 5.26 Å². The van der Waals surface area contributed by atoms with E-state index in [1.165, 1.54) is 0 Å². The van der Waals surface area contributed by atoms with Crippen LogP contribution in [-0.2, 0) is 0 Å². The van der Waals surface area contributed by atoms with Gasteiger partial charge in [0.1, 0.15) is 0 Å². The fraction of sp³-hybridized carbons (Fsp3) is 0.417. The van der Waals surface area contributed by atoms with Crippen molar-refractivity contribution in [1.82, 2.24) is 4.90 Å². The molecule has 0 amide bonds. The van der Waals surface area contributed by atoms with Crippen LogP contribution >= 0.6 is 11.6 Å². The molecular weight excluding hydrogens is 222 g/mol. The first-order valence-corrected chi connectivity index (χ1v) is 5.67. The molecule has 0 saturated carbocycles. The van der Waals surface area contributed by atoms with E-state index in [1.807, 2.05) is 6.07 Å². The summed E-state index contributed by atoms with van der Waals surface area (Å²) >= 11 is 6.03. The average Bonchev–Trinajstić information content (AvgIpc) is 2.30. The highest BCUT2D eigenvalue weighted by Crippen LogP contribution is 2.22. The molecule has 16 heavy (non-hydrogen) atoms. The molecule has 0 unspecified atom stereocenters. The topological polar surface area (TPSA) is 39.1 Å². The van der Waals surface area contributed by atoms with Gasteiger partial charge in [0.05, 0.1) is 22.3 Å². The predicted octanol–water partition coefficient (Wildman–Crippen LogP) is 2.58. The highest BCUT2D eigenvalue weighted by molar-refractivity contribution is 6.33. The number of likely N-dealkylation sites (N-methyl/N-ethyl adjacent to an activating group) is 1. The summed E-state index contributed by atoms with van der Waals surface area (Å²) in [4.78, 5) is 2.21. The van der Waals surface area contributed by atoms with Gasteiger partial charge in [0, 0.05) is 13.1 Å². The van der Waals surface area contributed by atoms with Crippen LogP contribution in [0.5, 0.6) is 0 Å². The van der Waals surface area contributed by atoms with Crippen LogP contribution in [0.2, 0.25) is 5.02 Å². The maximum absolute atomic E-state index is 8.70. The zero-order valence-corrected chi connectivity index (χ0v) is 10.4. The molecule has 0 spiro atoms. The van der Waals surface area contributed by atoms with E-state index in [4.69, 9.17) is 16.9 Å². The van der Waals surface area contributed by atoms with Crippen molar-refractivity contribution in [3.05, 3.63) is 28.8 Å². The molecule has 0 radical (unpaired) electrons. The maximum Gasteiger partial charge on any atom is 0.0992 e. The summed E-state index contributed by atoms with van der Waals surface area (Å²) in [5.41, 5.74) is 1.46.